The summed E-state index contributed by atoms with van der Waals surface area (Å²) in [5.74, 6) is 0.151. The molecule has 2 heterocycles. The Hall–Kier alpha value is -1.29. The number of nitrogens with one attached hydrogen (secondary N) is 2. The third kappa shape index (κ3) is 2.75. The SMILES string of the molecule is Cc1cc(CNC2CCCCNC2=O)c(C)n1C. The van der Waals surface area contributed by atoms with Crippen molar-refractivity contribution in [1.82, 2.24) is 15.2 Å². The van der Waals surface area contributed by atoms with Crippen LogP contribution in [0.4, 0.5) is 0 Å². The van der Waals surface area contributed by atoms with E-state index in [9.17, 15) is 4.79 Å². The van der Waals surface area contributed by atoms with Crippen LogP contribution in [0.25, 0.3) is 0 Å². The van der Waals surface area contributed by atoms with Crippen LogP contribution in [0.2, 0.25) is 0 Å². The van der Waals surface area contributed by atoms with E-state index in [1.165, 1.54) is 17.0 Å². The van der Waals surface area contributed by atoms with Crippen LogP contribution >= 0.6 is 0 Å². The number of carbonyl (C=O) groups excluding carboxylic acids is 1. The fourth-order valence-electron chi connectivity index (χ4n) is 2.48. The van der Waals surface area contributed by atoms with Crippen LogP contribution in [0.5, 0.6) is 0 Å². The van der Waals surface area contributed by atoms with E-state index < -0.39 is 0 Å². The van der Waals surface area contributed by atoms with Gasteiger partial charge in [-0.05, 0) is 44.7 Å². The molecule has 1 amide bonds. The van der Waals surface area contributed by atoms with Crippen molar-refractivity contribution in [3.8, 4) is 0 Å². The highest BCUT2D eigenvalue weighted by atomic mass is 16.2. The second-order valence-electron chi connectivity index (χ2n) is 5.18. The molecule has 100 valence electrons. The Morgan fingerprint density at radius 1 is 1.44 bits per heavy atom. The molecule has 0 spiro atoms. The Bertz CT molecular complexity index is 436. The van der Waals surface area contributed by atoms with Crippen LogP contribution in [0, 0.1) is 13.8 Å². The molecule has 4 nitrogen and oxygen atoms in total. The van der Waals surface area contributed by atoms with Crippen molar-refractivity contribution in [1.29, 1.82) is 0 Å². The number of aryl methyl sites for hydroxylation is 1. The molecule has 1 unspecified atom stereocenters. The minimum atomic E-state index is -0.0348. The fourth-order valence-corrected chi connectivity index (χ4v) is 2.48. The Labute approximate surface area is 109 Å². The van der Waals surface area contributed by atoms with E-state index in [2.05, 4.69) is 42.2 Å². The van der Waals surface area contributed by atoms with Crippen molar-refractivity contribution >= 4 is 5.91 Å². The molecule has 1 aliphatic rings. The van der Waals surface area contributed by atoms with Gasteiger partial charge in [0.2, 0.25) is 5.91 Å². The highest BCUT2D eigenvalue weighted by Crippen LogP contribution is 2.14. The number of hydrogen-bond donors (Lipinski definition) is 2. The van der Waals surface area contributed by atoms with E-state index in [4.69, 9.17) is 0 Å². The van der Waals surface area contributed by atoms with Gasteiger partial charge in [0, 0.05) is 31.5 Å². The first kappa shape index (κ1) is 13.1. The summed E-state index contributed by atoms with van der Waals surface area (Å²) in [5, 5.41) is 6.34. The Morgan fingerprint density at radius 2 is 2.22 bits per heavy atom. The Morgan fingerprint density at radius 3 is 2.89 bits per heavy atom. The molecule has 1 fully saturated rings. The molecule has 0 saturated carbocycles. The van der Waals surface area contributed by atoms with Crippen molar-refractivity contribution in [3.63, 3.8) is 0 Å². The average Bonchev–Trinajstić information content (AvgIpc) is 2.54. The number of rotatable bonds is 3. The summed E-state index contributed by atoms with van der Waals surface area (Å²) in [5.41, 5.74) is 3.82. The van der Waals surface area contributed by atoms with Crippen LogP contribution < -0.4 is 10.6 Å². The van der Waals surface area contributed by atoms with Crippen molar-refractivity contribution in [2.24, 2.45) is 7.05 Å². The number of hydrogen-bond acceptors (Lipinski definition) is 2. The molecule has 0 aromatic carbocycles. The summed E-state index contributed by atoms with van der Waals surface area (Å²) in [6.45, 7) is 5.82. The number of aromatic nitrogens is 1. The second kappa shape index (κ2) is 5.57. The van der Waals surface area contributed by atoms with Crippen LogP contribution in [0.1, 0.15) is 36.2 Å². The number of nitrogens with zero attached hydrogens (tertiary/aromatic N) is 1. The Balaban J connectivity index is 1.97. The van der Waals surface area contributed by atoms with E-state index in [1.807, 2.05) is 0 Å². The highest BCUT2D eigenvalue weighted by Gasteiger charge is 2.20. The normalized spacial score (nSPS) is 20.6. The van der Waals surface area contributed by atoms with Crippen molar-refractivity contribution < 1.29 is 4.79 Å². The minimum Gasteiger partial charge on any atom is -0.355 e. The summed E-state index contributed by atoms with van der Waals surface area (Å²) >= 11 is 0. The lowest BCUT2D eigenvalue weighted by Crippen LogP contribution is -2.42. The molecule has 1 aromatic heterocycles. The van der Waals surface area contributed by atoms with Gasteiger partial charge in [0.15, 0.2) is 0 Å². The monoisotopic (exact) mass is 249 g/mol. The predicted octanol–water partition coefficient (Wildman–Crippen LogP) is 1.40. The van der Waals surface area contributed by atoms with Gasteiger partial charge in [0.25, 0.3) is 0 Å². The van der Waals surface area contributed by atoms with E-state index in [0.717, 1.165) is 32.4 Å². The molecular weight excluding hydrogens is 226 g/mol. The highest BCUT2D eigenvalue weighted by molar-refractivity contribution is 5.81. The van der Waals surface area contributed by atoms with Gasteiger partial charge in [0.1, 0.15) is 0 Å². The topological polar surface area (TPSA) is 46.1 Å². The van der Waals surface area contributed by atoms with E-state index in [0.29, 0.717) is 0 Å². The van der Waals surface area contributed by atoms with Gasteiger partial charge >= 0.3 is 0 Å². The van der Waals surface area contributed by atoms with Crippen molar-refractivity contribution in [2.75, 3.05) is 6.54 Å². The quantitative estimate of drug-likeness (QED) is 0.850. The van der Waals surface area contributed by atoms with Gasteiger partial charge in [-0.15, -0.1) is 0 Å². The second-order valence-corrected chi connectivity index (χ2v) is 5.18. The third-order valence-corrected chi connectivity index (χ3v) is 3.95. The standard InChI is InChI=1S/C14H23N3O/c1-10-8-12(11(2)17(10)3)9-16-13-6-4-5-7-15-14(13)18/h8,13,16H,4-7,9H2,1-3H3,(H,15,18). The van der Waals surface area contributed by atoms with Gasteiger partial charge in [-0.25, -0.2) is 0 Å². The lowest BCUT2D eigenvalue weighted by molar-refractivity contribution is -0.122. The van der Waals surface area contributed by atoms with Crippen LogP contribution in [-0.4, -0.2) is 23.1 Å². The summed E-state index contributed by atoms with van der Waals surface area (Å²) in [6.07, 6.45) is 3.15. The van der Waals surface area contributed by atoms with Crippen LogP contribution in [0.3, 0.4) is 0 Å². The molecule has 2 rings (SSSR count). The lowest BCUT2D eigenvalue weighted by atomic mass is 10.1. The van der Waals surface area contributed by atoms with E-state index in [1.54, 1.807) is 0 Å². The average molecular weight is 249 g/mol. The number of amides is 1. The van der Waals surface area contributed by atoms with Crippen LogP contribution in [-0.2, 0) is 18.4 Å². The number of carbonyl (C=O) groups is 1. The molecule has 18 heavy (non-hydrogen) atoms. The van der Waals surface area contributed by atoms with Gasteiger partial charge in [-0.2, -0.15) is 0 Å². The molecule has 0 aliphatic carbocycles. The third-order valence-electron chi connectivity index (χ3n) is 3.95. The smallest absolute Gasteiger partial charge is 0.237 e. The van der Waals surface area contributed by atoms with Crippen molar-refractivity contribution in [3.05, 3.63) is 23.0 Å². The lowest BCUT2D eigenvalue weighted by Gasteiger charge is -2.15. The maximum absolute atomic E-state index is 11.8. The first-order valence-corrected chi connectivity index (χ1v) is 6.72. The summed E-state index contributed by atoms with van der Waals surface area (Å²) in [7, 11) is 2.08. The molecule has 0 bridgehead atoms. The maximum atomic E-state index is 11.8. The molecular formula is C14H23N3O. The molecule has 0 radical (unpaired) electrons. The summed E-state index contributed by atoms with van der Waals surface area (Å²) < 4.78 is 2.18. The van der Waals surface area contributed by atoms with Gasteiger partial charge < -0.3 is 15.2 Å². The molecule has 4 heteroatoms. The minimum absolute atomic E-state index is 0.0348. The van der Waals surface area contributed by atoms with Crippen molar-refractivity contribution in [2.45, 2.75) is 45.7 Å². The van der Waals surface area contributed by atoms with Gasteiger partial charge in [0.05, 0.1) is 6.04 Å². The maximum Gasteiger partial charge on any atom is 0.237 e. The van der Waals surface area contributed by atoms with E-state index >= 15 is 0 Å². The van der Waals surface area contributed by atoms with E-state index in [-0.39, 0.29) is 11.9 Å². The molecule has 1 saturated heterocycles. The summed E-state index contributed by atoms with van der Waals surface area (Å²) in [4.78, 5) is 11.8. The zero-order valence-electron chi connectivity index (χ0n) is 11.5. The molecule has 2 N–H and O–H groups in total. The first-order chi connectivity index (χ1) is 8.59. The Kier molecular flexibility index (Phi) is 4.07. The van der Waals surface area contributed by atoms with Crippen LogP contribution in [0.15, 0.2) is 6.07 Å². The van der Waals surface area contributed by atoms with Gasteiger partial charge in [-0.1, -0.05) is 0 Å². The zero-order chi connectivity index (χ0) is 13.1. The molecule has 1 aliphatic heterocycles. The molecule has 1 aromatic rings. The first-order valence-electron chi connectivity index (χ1n) is 6.72. The van der Waals surface area contributed by atoms with Gasteiger partial charge in [-0.3, -0.25) is 4.79 Å². The predicted molar refractivity (Wildman–Crippen MR) is 72.4 cm³/mol. The zero-order valence-corrected chi connectivity index (χ0v) is 11.5. The fraction of sp³-hybridized carbons (Fsp3) is 0.643. The molecule has 1 atom stereocenters. The summed E-state index contributed by atoms with van der Waals surface area (Å²) in [6, 6.07) is 2.16. The largest absolute Gasteiger partial charge is 0.355 e.